The summed E-state index contributed by atoms with van der Waals surface area (Å²) in [5.41, 5.74) is 2.16. The van der Waals surface area contributed by atoms with Crippen LogP contribution in [0.2, 0.25) is 0 Å². The van der Waals surface area contributed by atoms with Crippen molar-refractivity contribution in [1.29, 1.82) is 0 Å². The van der Waals surface area contributed by atoms with Crippen LogP contribution in [0.3, 0.4) is 0 Å². The molecule has 0 aliphatic rings. The normalized spacial score (nSPS) is 13.8. The van der Waals surface area contributed by atoms with Crippen LogP contribution < -0.4 is 9.47 Å². The van der Waals surface area contributed by atoms with E-state index in [1.54, 1.807) is 0 Å². The van der Waals surface area contributed by atoms with E-state index in [4.69, 9.17) is 26.2 Å². The number of halogens is 2. The van der Waals surface area contributed by atoms with E-state index in [0.717, 1.165) is 14.9 Å². The van der Waals surface area contributed by atoms with Crippen LogP contribution in [0.5, 0.6) is 11.5 Å². The van der Waals surface area contributed by atoms with Gasteiger partial charge in [0.2, 0.25) is 0 Å². The summed E-state index contributed by atoms with van der Waals surface area (Å²) in [5, 5.41) is 18.2. The van der Waals surface area contributed by atoms with Crippen molar-refractivity contribution in [3.8, 4) is 11.5 Å². The Kier molecular flexibility index (Phi) is 8.86. The lowest BCUT2D eigenvalue weighted by Gasteiger charge is -2.27. The summed E-state index contributed by atoms with van der Waals surface area (Å²) in [5.74, 6) is 2.44. The monoisotopic (exact) mass is 518 g/mol. The fourth-order valence-corrected chi connectivity index (χ4v) is 3.42. The highest BCUT2D eigenvalue weighted by Gasteiger charge is 2.24. The van der Waals surface area contributed by atoms with Gasteiger partial charge in [0.25, 0.3) is 0 Å². The number of aliphatic hydroxyl groups excluding tert-OH is 2. The number of aliphatic hydroxyl groups is 2. The van der Waals surface area contributed by atoms with Gasteiger partial charge in [-0.2, -0.15) is 0 Å². The fraction of sp³-hybridized carbons (Fsp3) is 0.455. The summed E-state index contributed by atoms with van der Waals surface area (Å²) >= 11 is 8.16. The van der Waals surface area contributed by atoms with E-state index in [1.807, 2.05) is 30.3 Å². The number of alkyl halides is 1. The van der Waals surface area contributed by atoms with Gasteiger partial charge in [-0.1, -0.05) is 39.0 Å². The van der Waals surface area contributed by atoms with E-state index < -0.39 is 6.10 Å². The first kappa shape index (κ1) is 23.3. The number of benzene rings is 2. The Morgan fingerprint density at radius 3 is 2.25 bits per heavy atom. The van der Waals surface area contributed by atoms with E-state index in [9.17, 15) is 5.11 Å². The highest BCUT2D eigenvalue weighted by atomic mass is 127. The van der Waals surface area contributed by atoms with Crippen molar-refractivity contribution in [3.63, 3.8) is 0 Å². The Balaban J connectivity index is 2.11. The topological polar surface area (TPSA) is 58.9 Å². The zero-order valence-electron chi connectivity index (χ0n) is 16.5. The minimum Gasteiger partial charge on any atom is -0.492 e. The van der Waals surface area contributed by atoms with Crippen molar-refractivity contribution in [2.24, 2.45) is 5.92 Å². The quantitative estimate of drug-likeness (QED) is 0.356. The van der Waals surface area contributed by atoms with E-state index >= 15 is 0 Å². The molecule has 2 atom stereocenters. The molecule has 4 nitrogen and oxygen atoms in total. The first-order valence-corrected chi connectivity index (χ1v) is 10.9. The second-order valence-electron chi connectivity index (χ2n) is 7.51. The summed E-state index contributed by atoms with van der Waals surface area (Å²) in [4.78, 5) is 0. The van der Waals surface area contributed by atoms with Gasteiger partial charge in [0.15, 0.2) is 0 Å². The zero-order valence-corrected chi connectivity index (χ0v) is 19.4. The third-order valence-electron chi connectivity index (χ3n) is 4.67. The minimum atomic E-state index is -0.869. The van der Waals surface area contributed by atoms with Crippen LogP contribution in [0.15, 0.2) is 42.5 Å². The fourth-order valence-electron chi connectivity index (χ4n) is 2.66. The largest absolute Gasteiger partial charge is 0.492 e. The minimum absolute atomic E-state index is 0.0707. The highest BCUT2D eigenvalue weighted by Crippen LogP contribution is 2.35. The molecule has 0 saturated carbocycles. The predicted molar refractivity (Wildman–Crippen MR) is 122 cm³/mol. The first-order valence-electron chi connectivity index (χ1n) is 9.29. The van der Waals surface area contributed by atoms with Gasteiger partial charge in [-0.15, -0.1) is 11.6 Å². The van der Waals surface area contributed by atoms with Crippen LogP contribution in [0.25, 0.3) is 0 Å². The maximum atomic E-state index is 9.39. The Labute approximate surface area is 186 Å². The van der Waals surface area contributed by atoms with E-state index in [-0.39, 0.29) is 18.6 Å². The smallest absolute Gasteiger partial charge is 0.132 e. The van der Waals surface area contributed by atoms with Gasteiger partial charge in [-0.3, -0.25) is 0 Å². The third kappa shape index (κ3) is 6.24. The Hall–Kier alpha value is -1.02. The summed E-state index contributed by atoms with van der Waals surface area (Å²) in [6.45, 7) is 6.79. The molecule has 2 aromatic rings. The molecule has 0 heterocycles. The third-order valence-corrected chi connectivity index (χ3v) is 6.04. The van der Waals surface area contributed by atoms with Gasteiger partial charge < -0.3 is 19.7 Å². The van der Waals surface area contributed by atoms with Gasteiger partial charge >= 0.3 is 0 Å². The number of hydrogen-bond acceptors (Lipinski definition) is 4. The van der Waals surface area contributed by atoms with Crippen molar-refractivity contribution in [2.75, 3.05) is 25.7 Å². The average molecular weight is 519 g/mol. The van der Waals surface area contributed by atoms with Crippen molar-refractivity contribution >= 4 is 34.2 Å². The van der Waals surface area contributed by atoms with Crippen molar-refractivity contribution in [2.45, 2.75) is 32.3 Å². The maximum absolute atomic E-state index is 9.39. The first-order chi connectivity index (χ1) is 13.3. The molecule has 0 fully saturated rings. The van der Waals surface area contributed by atoms with Gasteiger partial charge in [0, 0.05) is 17.2 Å². The molecule has 0 aliphatic heterocycles. The van der Waals surface area contributed by atoms with Gasteiger partial charge in [0.1, 0.15) is 24.2 Å². The second kappa shape index (κ2) is 10.7. The van der Waals surface area contributed by atoms with E-state index in [1.165, 1.54) is 5.56 Å². The molecule has 28 heavy (non-hydrogen) atoms. The van der Waals surface area contributed by atoms with E-state index in [2.05, 4.69) is 55.5 Å². The van der Waals surface area contributed by atoms with Gasteiger partial charge in [0.05, 0.1) is 16.8 Å². The lowest BCUT2D eigenvalue weighted by Crippen LogP contribution is -2.21. The second-order valence-corrected chi connectivity index (χ2v) is 8.98. The molecule has 0 saturated heterocycles. The van der Waals surface area contributed by atoms with Gasteiger partial charge in [-0.05, 0) is 58.0 Å². The molecule has 2 aromatic carbocycles. The molecule has 0 amide bonds. The number of ether oxygens (including phenoxy) is 2. The molecule has 0 spiro atoms. The Morgan fingerprint density at radius 1 is 1.04 bits per heavy atom. The van der Waals surface area contributed by atoms with Crippen LogP contribution in [0, 0.1) is 9.49 Å². The van der Waals surface area contributed by atoms with Crippen molar-refractivity contribution in [1.82, 2.24) is 0 Å². The van der Waals surface area contributed by atoms with Crippen LogP contribution in [0.1, 0.15) is 31.9 Å². The molecule has 0 unspecified atom stereocenters. The highest BCUT2D eigenvalue weighted by molar-refractivity contribution is 14.1. The standard InChI is InChI=1S/C22H28ClIO4/c1-15(11-23)13-28-21-9-6-17(10-20(21)24)22(2,3)16-4-7-19(8-5-16)27-14-18(26)12-25/h4-10,15,18,25-26H,11-14H2,1-3H3/t15-,18+/m0/s1. The summed E-state index contributed by atoms with van der Waals surface area (Å²) in [6.07, 6.45) is -0.869. The molecule has 154 valence electrons. The van der Waals surface area contributed by atoms with Crippen LogP contribution in [-0.4, -0.2) is 42.0 Å². The summed E-state index contributed by atoms with van der Waals surface area (Å²) in [6, 6.07) is 14.1. The summed E-state index contributed by atoms with van der Waals surface area (Å²) in [7, 11) is 0. The van der Waals surface area contributed by atoms with Crippen molar-refractivity contribution < 1.29 is 19.7 Å². The molecule has 0 aromatic heterocycles. The zero-order chi connectivity index (χ0) is 20.7. The summed E-state index contributed by atoms with van der Waals surface area (Å²) < 4.78 is 12.4. The molecule has 2 N–H and O–H groups in total. The molecule has 0 aliphatic carbocycles. The lowest BCUT2D eigenvalue weighted by atomic mass is 9.78. The Morgan fingerprint density at radius 2 is 1.68 bits per heavy atom. The lowest BCUT2D eigenvalue weighted by molar-refractivity contribution is 0.0536. The SMILES string of the molecule is C[C@@H](CCl)COc1ccc(C(C)(C)c2ccc(OC[C@H](O)CO)cc2)cc1I. The average Bonchev–Trinajstić information content (AvgIpc) is 2.70. The number of hydrogen-bond donors (Lipinski definition) is 2. The van der Waals surface area contributed by atoms with Crippen LogP contribution in [0.4, 0.5) is 0 Å². The van der Waals surface area contributed by atoms with Crippen LogP contribution in [-0.2, 0) is 5.41 Å². The molecular formula is C22H28ClIO4. The molecule has 6 heteroatoms. The molecule has 0 bridgehead atoms. The van der Waals surface area contributed by atoms with Gasteiger partial charge in [-0.25, -0.2) is 0 Å². The van der Waals surface area contributed by atoms with Crippen molar-refractivity contribution in [3.05, 3.63) is 57.2 Å². The van der Waals surface area contributed by atoms with E-state index in [0.29, 0.717) is 24.2 Å². The Bertz CT molecular complexity index is 749. The molecule has 0 radical (unpaired) electrons. The maximum Gasteiger partial charge on any atom is 0.132 e. The van der Waals surface area contributed by atoms with Crippen LogP contribution >= 0.6 is 34.2 Å². The molecule has 2 rings (SSSR count). The predicted octanol–water partition coefficient (Wildman–Crippen LogP) is 4.60. The number of rotatable bonds is 10. The molecular weight excluding hydrogens is 491 g/mol.